The third-order valence-corrected chi connectivity index (χ3v) is 10.5. The highest BCUT2D eigenvalue weighted by Crippen LogP contribution is 2.40. The van der Waals surface area contributed by atoms with Crippen LogP contribution in [0.3, 0.4) is 0 Å². The van der Waals surface area contributed by atoms with Gasteiger partial charge in [-0.2, -0.15) is 22.1 Å². The predicted octanol–water partition coefficient (Wildman–Crippen LogP) is 6.38. The predicted molar refractivity (Wildman–Crippen MR) is 187 cm³/mol. The van der Waals surface area contributed by atoms with Crippen molar-refractivity contribution in [2.24, 2.45) is 0 Å². The molecule has 5 rings (SSSR count). The summed E-state index contributed by atoms with van der Waals surface area (Å²) in [5.74, 6) is 1.25. The van der Waals surface area contributed by atoms with Crippen LogP contribution in [-0.2, 0) is 39.7 Å². The SMILES string of the molecule is CCn1c(C=CC=C2Nc3cc(Cl)c(C)cc3N2CCc2ccc(S(=O)(=O)O)cc2)[n+](CCCCS(=O)(=O)O)c2cc(C#N)c(Cl)cc21. The average molecular weight is 732 g/mol. The van der Waals surface area contributed by atoms with Gasteiger partial charge in [-0.25, -0.2) is 9.13 Å². The molecule has 0 aliphatic carbocycles. The first-order valence-electron chi connectivity index (χ1n) is 15.1. The summed E-state index contributed by atoms with van der Waals surface area (Å²) in [5.41, 5.74) is 5.48. The number of allylic oxidation sites excluding steroid dienone is 2. The fourth-order valence-electron chi connectivity index (χ4n) is 5.76. The Balaban J connectivity index is 1.50. The van der Waals surface area contributed by atoms with Crippen LogP contribution in [0.15, 0.2) is 71.4 Å². The molecule has 0 unspecified atom stereocenters. The molecule has 252 valence electrons. The third kappa shape index (κ3) is 7.86. The second-order valence-corrected chi connectivity index (χ2v) is 15.2. The van der Waals surface area contributed by atoms with Gasteiger partial charge < -0.3 is 10.2 Å². The molecule has 1 aliphatic heterocycles. The van der Waals surface area contributed by atoms with E-state index >= 15 is 0 Å². The molecule has 0 fully saturated rings. The summed E-state index contributed by atoms with van der Waals surface area (Å²) >= 11 is 12.9. The maximum absolute atomic E-state index is 11.5. The fourth-order valence-corrected chi connectivity index (χ4v) is 7.17. The Morgan fingerprint density at radius 2 is 1.75 bits per heavy atom. The van der Waals surface area contributed by atoms with Crippen LogP contribution in [-0.4, -0.2) is 42.8 Å². The van der Waals surface area contributed by atoms with Gasteiger partial charge in [-0.15, -0.1) is 0 Å². The van der Waals surface area contributed by atoms with Crippen molar-refractivity contribution in [1.82, 2.24) is 4.57 Å². The van der Waals surface area contributed by atoms with Crippen LogP contribution in [0.5, 0.6) is 0 Å². The van der Waals surface area contributed by atoms with Crippen molar-refractivity contribution >= 4 is 71.9 Å². The van der Waals surface area contributed by atoms with Gasteiger partial charge in [0, 0.05) is 29.8 Å². The van der Waals surface area contributed by atoms with Crippen molar-refractivity contribution in [2.75, 3.05) is 22.5 Å². The van der Waals surface area contributed by atoms with Gasteiger partial charge in [0.05, 0.1) is 45.7 Å². The van der Waals surface area contributed by atoms with Crippen molar-refractivity contribution in [1.29, 1.82) is 5.26 Å². The summed E-state index contributed by atoms with van der Waals surface area (Å²) in [5, 5.41) is 14.0. The third-order valence-electron chi connectivity index (χ3n) is 8.14. The van der Waals surface area contributed by atoms with Crippen LogP contribution in [0.2, 0.25) is 10.0 Å². The molecule has 3 aromatic carbocycles. The van der Waals surface area contributed by atoms with E-state index in [2.05, 4.69) is 20.9 Å². The van der Waals surface area contributed by atoms with Crippen LogP contribution in [0, 0.1) is 18.3 Å². The molecule has 0 saturated carbocycles. The van der Waals surface area contributed by atoms with Crippen LogP contribution < -0.4 is 14.8 Å². The normalized spacial score (nSPS) is 14.2. The number of hydrogen-bond donors (Lipinski definition) is 3. The second-order valence-electron chi connectivity index (χ2n) is 11.4. The number of aryl methyl sites for hydroxylation is 3. The first-order valence-corrected chi connectivity index (χ1v) is 18.9. The van der Waals surface area contributed by atoms with Crippen LogP contribution in [0.1, 0.15) is 42.3 Å². The van der Waals surface area contributed by atoms with Gasteiger partial charge in [0.15, 0.2) is 11.0 Å². The lowest BCUT2D eigenvalue weighted by Gasteiger charge is -2.20. The standard InChI is InChI=1S/C33H33Cl2N5O6S2/c1-3-38-31-20-27(35)24(21-36)18-30(31)40(14-4-5-16-47(41,42)43)33(38)8-6-7-32-37-28-19-26(34)22(2)17-29(28)39(32)15-13-23-9-11-25(12-10-23)48(44,45)46/h6-12,17-20H,3-5,13-16H2,1-2H3,(H2,41,42,43,44,45,46)/p+1. The monoisotopic (exact) mass is 730 g/mol. The van der Waals surface area contributed by atoms with E-state index in [1.54, 1.807) is 24.3 Å². The van der Waals surface area contributed by atoms with Gasteiger partial charge in [0.1, 0.15) is 11.9 Å². The molecule has 3 N–H and O–H groups in total. The molecular formula is C33H34Cl2N5O6S2+. The number of fused-ring (bicyclic) bond motifs is 2. The van der Waals surface area contributed by atoms with Gasteiger partial charge in [0.2, 0.25) is 0 Å². The molecule has 1 aromatic heterocycles. The van der Waals surface area contributed by atoms with Crippen molar-refractivity contribution in [2.45, 2.75) is 51.1 Å². The highest BCUT2D eigenvalue weighted by atomic mass is 35.5. The van der Waals surface area contributed by atoms with Gasteiger partial charge in [-0.1, -0.05) is 41.4 Å². The van der Waals surface area contributed by atoms with Gasteiger partial charge in [-0.3, -0.25) is 9.11 Å². The number of unbranched alkanes of at least 4 members (excludes halogenated alkanes) is 1. The molecule has 0 radical (unpaired) electrons. The number of anilines is 2. The zero-order chi connectivity index (χ0) is 34.8. The average Bonchev–Trinajstić information content (AvgIpc) is 3.49. The van der Waals surface area contributed by atoms with E-state index in [1.807, 2.05) is 48.8 Å². The largest absolute Gasteiger partial charge is 0.340 e. The van der Waals surface area contributed by atoms with Gasteiger partial charge in [-0.05, 0) is 74.6 Å². The molecule has 0 saturated heterocycles. The van der Waals surface area contributed by atoms with Crippen LogP contribution >= 0.6 is 23.2 Å². The molecule has 0 atom stereocenters. The minimum atomic E-state index is -4.28. The Labute approximate surface area is 289 Å². The summed E-state index contributed by atoms with van der Waals surface area (Å²) in [6, 6.07) is 15.6. The Morgan fingerprint density at radius 1 is 1.02 bits per heavy atom. The topological polar surface area (TPSA) is 157 Å². The molecule has 0 amide bonds. The van der Waals surface area contributed by atoms with Crippen molar-refractivity contribution in [3.8, 4) is 6.07 Å². The van der Waals surface area contributed by atoms with Crippen molar-refractivity contribution in [3.63, 3.8) is 0 Å². The van der Waals surface area contributed by atoms with E-state index in [0.29, 0.717) is 48.1 Å². The van der Waals surface area contributed by atoms with E-state index in [1.165, 1.54) is 12.1 Å². The maximum Gasteiger partial charge on any atom is 0.294 e. The Morgan fingerprint density at radius 3 is 2.40 bits per heavy atom. The number of imidazole rings is 1. The number of aromatic nitrogens is 2. The lowest BCUT2D eigenvalue weighted by molar-refractivity contribution is -0.674. The number of hydrogen-bond acceptors (Lipinski definition) is 7. The Hall–Kier alpha value is -3.90. The number of nitrogens with one attached hydrogen (secondary N) is 1. The number of rotatable bonds is 12. The first kappa shape index (κ1) is 35.4. The van der Waals surface area contributed by atoms with Gasteiger partial charge >= 0.3 is 0 Å². The minimum absolute atomic E-state index is 0.165. The molecule has 2 heterocycles. The fraction of sp³-hybridized carbons (Fsp3) is 0.273. The quantitative estimate of drug-likeness (QED) is 0.0855. The number of nitriles is 1. The number of halogens is 2. The molecule has 11 nitrogen and oxygen atoms in total. The molecule has 1 aliphatic rings. The Kier molecular flexibility index (Phi) is 10.5. The zero-order valence-electron chi connectivity index (χ0n) is 26.2. The summed E-state index contributed by atoms with van der Waals surface area (Å²) in [6.07, 6.45) is 7.07. The van der Waals surface area contributed by atoms with E-state index in [-0.39, 0.29) is 17.1 Å². The van der Waals surface area contributed by atoms with Gasteiger partial charge in [0.25, 0.3) is 26.1 Å². The first-order chi connectivity index (χ1) is 22.7. The molecule has 48 heavy (non-hydrogen) atoms. The van der Waals surface area contributed by atoms with Crippen LogP contribution in [0.25, 0.3) is 17.1 Å². The van der Waals surface area contributed by atoms with Crippen LogP contribution in [0.4, 0.5) is 11.4 Å². The summed E-state index contributed by atoms with van der Waals surface area (Å²) in [7, 11) is -8.37. The van der Waals surface area contributed by atoms with E-state index in [9.17, 15) is 31.2 Å². The molecular weight excluding hydrogens is 697 g/mol. The highest BCUT2D eigenvalue weighted by Gasteiger charge is 2.26. The minimum Gasteiger partial charge on any atom is -0.340 e. The smallest absolute Gasteiger partial charge is 0.294 e. The zero-order valence-corrected chi connectivity index (χ0v) is 29.3. The van der Waals surface area contributed by atoms with E-state index < -0.39 is 20.2 Å². The molecule has 0 spiro atoms. The van der Waals surface area contributed by atoms with E-state index in [0.717, 1.165) is 45.2 Å². The van der Waals surface area contributed by atoms with Crippen molar-refractivity contribution in [3.05, 3.63) is 99.1 Å². The Bertz CT molecular complexity index is 2210. The summed E-state index contributed by atoms with van der Waals surface area (Å²) < 4.78 is 68.2. The molecule has 15 heteroatoms. The second kappa shape index (κ2) is 14.3. The molecule has 0 bridgehead atoms. The lowest BCUT2D eigenvalue weighted by Crippen LogP contribution is -2.37. The number of nitrogens with zero attached hydrogens (tertiary/aromatic N) is 4. The summed E-state index contributed by atoms with van der Waals surface area (Å²) in [6.45, 7) is 5.50. The van der Waals surface area contributed by atoms with Crippen molar-refractivity contribution < 1.29 is 30.5 Å². The summed E-state index contributed by atoms with van der Waals surface area (Å²) in [4.78, 5) is 1.94. The highest BCUT2D eigenvalue weighted by molar-refractivity contribution is 7.86. The number of benzene rings is 3. The molecule has 4 aromatic rings. The van der Waals surface area contributed by atoms with E-state index in [4.69, 9.17) is 23.2 Å². The maximum atomic E-state index is 11.5. The lowest BCUT2D eigenvalue weighted by atomic mass is 10.1.